The molecule has 0 unspecified atom stereocenters. The summed E-state index contributed by atoms with van der Waals surface area (Å²) in [6.07, 6.45) is 2.18. The molecule has 0 aliphatic carbocycles. The van der Waals surface area contributed by atoms with E-state index in [1.165, 1.54) is 6.20 Å². The molecule has 36 heavy (non-hydrogen) atoms. The summed E-state index contributed by atoms with van der Waals surface area (Å²) in [7, 11) is 0. The predicted molar refractivity (Wildman–Crippen MR) is 132 cm³/mol. The summed E-state index contributed by atoms with van der Waals surface area (Å²) < 4.78 is 25.4. The van der Waals surface area contributed by atoms with E-state index in [-0.39, 0.29) is 28.3 Å². The molecule has 0 saturated carbocycles. The molecule has 9 nitrogen and oxygen atoms in total. The third kappa shape index (κ3) is 5.08. The van der Waals surface area contributed by atoms with Crippen molar-refractivity contribution in [1.82, 2.24) is 20.3 Å². The number of halogens is 2. The first-order valence-corrected chi connectivity index (χ1v) is 12.3. The lowest BCUT2D eigenvalue weighted by Gasteiger charge is -2.42. The third-order valence-electron chi connectivity index (χ3n) is 6.78. The number of anilines is 1. The first kappa shape index (κ1) is 26.0. The molecule has 11 heteroatoms. The Morgan fingerprint density at radius 1 is 1.36 bits per heavy atom. The molecular formula is C25H30ClFN6O3. The molecular weight excluding hydrogens is 487 g/mol. The number of rotatable bonds is 3. The summed E-state index contributed by atoms with van der Waals surface area (Å²) >= 11 is 6.12. The number of nitriles is 1. The normalized spacial score (nSPS) is 21.3. The summed E-state index contributed by atoms with van der Waals surface area (Å²) in [6.45, 7) is 11.0. The molecule has 0 radical (unpaired) electrons. The number of aromatic nitrogens is 3. The van der Waals surface area contributed by atoms with Gasteiger partial charge in [-0.3, -0.25) is 0 Å². The number of carbonyl (C=O) groups is 1. The molecule has 4 rings (SSSR count). The fraction of sp³-hybridized carbons (Fsp3) is 0.560. The fourth-order valence-corrected chi connectivity index (χ4v) is 5.21. The van der Waals surface area contributed by atoms with Crippen molar-refractivity contribution < 1.29 is 18.7 Å². The van der Waals surface area contributed by atoms with Crippen molar-refractivity contribution >= 4 is 23.6 Å². The second-order valence-corrected chi connectivity index (χ2v) is 10.8. The van der Waals surface area contributed by atoms with E-state index in [9.17, 15) is 14.4 Å². The number of hydrogen-bond acceptors (Lipinski definition) is 8. The lowest BCUT2D eigenvalue weighted by Crippen LogP contribution is -2.55. The van der Waals surface area contributed by atoms with Crippen LogP contribution in [0.4, 0.5) is 15.1 Å². The number of amides is 1. The number of nitrogens with one attached hydrogen (secondary N) is 1. The Kier molecular flexibility index (Phi) is 7.08. The van der Waals surface area contributed by atoms with Crippen molar-refractivity contribution in [1.29, 1.82) is 5.26 Å². The van der Waals surface area contributed by atoms with Gasteiger partial charge in [0.15, 0.2) is 5.69 Å². The molecule has 4 heterocycles. The van der Waals surface area contributed by atoms with Gasteiger partial charge in [-0.1, -0.05) is 11.6 Å². The van der Waals surface area contributed by atoms with Gasteiger partial charge in [0.25, 0.3) is 0 Å². The Hall–Kier alpha value is -3.03. The van der Waals surface area contributed by atoms with Gasteiger partial charge in [0.1, 0.15) is 16.7 Å². The molecule has 2 fully saturated rings. The van der Waals surface area contributed by atoms with E-state index in [0.717, 1.165) is 12.8 Å². The van der Waals surface area contributed by atoms with Gasteiger partial charge in [0, 0.05) is 35.8 Å². The Labute approximate surface area is 215 Å². The Morgan fingerprint density at radius 2 is 2.06 bits per heavy atom. The summed E-state index contributed by atoms with van der Waals surface area (Å²) in [6, 6.07) is 3.46. The first-order valence-electron chi connectivity index (χ1n) is 11.9. The summed E-state index contributed by atoms with van der Waals surface area (Å²) in [5.41, 5.74) is 0.535. The molecule has 2 aromatic heterocycles. The van der Waals surface area contributed by atoms with Crippen LogP contribution in [-0.4, -0.2) is 58.5 Å². The van der Waals surface area contributed by atoms with E-state index in [0.29, 0.717) is 42.5 Å². The van der Waals surface area contributed by atoms with Crippen LogP contribution < -0.4 is 10.2 Å². The van der Waals surface area contributed by atoms with Crippen LogP contribution in [0.2, 0.25) is 5.02 Å². The van der Waals surface area contributed by atoms with Crippen LogP contribution in [0.15, 0.2) is 12.3 Å². The maximum Gasteiger partial charge on any atom is 0.407 e. The van der Waals surface area contributed by atoms with Gasteiger partial charge >= 0.3 is 6.09 Å². The monoisotopic (exact) mass is 516 g/mol. The largest absolute Gasteiger partial charge is 0.444 e. The van der Waals surface area contributed by atoms with Gasteiger partial charge in [-0.2, -0.15) is 9.65 Å². The second-order valence-electron chi connectivity index (χ2n) is 10.4. The molecule has 2 saturated heterocycles. The van der Waals surface area contributed by atoms with Gasteiger partial charge in [0.2, 0.25) is 11.9 Å². The Balaban J connectivity index is 1.54. The van der Waals surface area contributed by atoms with Crippen LogP contribution in [0, 0.1) is 29.6 Å². The highest BCUT2D eigenvalue weighted by Crippen LogP contribution is 2.43. The molecule has 2 aromatic rings. The number of aryl methyl sites for hydroxylation is 1. The molecule has 2 atom stereocenters. The van der Waals surface area contributed by atoms with Crippen LogP contribution in [0.1, 0.15) is 51.9 Å². The van der Waals surface area contributed by atoms with Crippen molar-refractivity contribution in [3.8, 4) is 17.2 Å². The Bertz CT molecular complexity index is 1200. The van der Waals surface area contributed by atoms with Gasteiger partial charge in [0.05, 0.1) is 24.4 Å². The van der Waals surface area contributed by atoms with Crippen LogP contribution >= 0.6 is 11.6 Å². The molecule has 2 aliphatic heterocycles. The van der Waals surface area contributed by atoms with Crippen molar-refractivity contribution in [2.45, 2.75) is 65.2 Å². The molecule has 0 bridgehead atoms. The summed E-state index contributed by atoms with van der Waals surface area (Å²) in [4.78, 5) is 27.2. The fourth-order valence-electron chi connectivity index (χ4n) is 5.01. The standard InChI is InChI=1S/C25H30ClFN6O3/c1-14-18(16-6-9-29-21(27)19(16)26)17(12-28)31-22(30-14)33-10-7-25(8-11-33)13-35-15(2)20(25)32-23(34)36-24(3,4)5/h6,9,15,20H,7-8,10-11,13H2,1-5H3,(H,32,34)/t15-,20+/m0/s1. The molecule has 1 amide bonds. The van der Waals surface area contributed by atoms with E-state index >= 15 is 0 Å². The zero-order valence-corrected chi connectivity index (χ0v) is 21.8. The molecule has 2 aliphatic rings. The lowest BCUT2D eigenvalue weighted by atomic mass is 9.73. The van der Waals surface area contributed by atoms with E-state index in [1.807, 2.05) is 32.6 Å². The van der Waals surface area contributed by atoms with E-state index in [4.69, 9.17) is 21.1 Å². The van der Waals surface area contributed by atoms with E-state index < -0.39 is 17.6 Å². The van der Waals surface area contributed by atoms with Crippen LogP contribution in [0.5, 0.6) is 0 Å². The quantitative estimate of drug-likeness (QED) is 0.597. The minimum Gasteiger partial charge on any atom is -0.444 e. The van der Waals surface area contributed by atoms with Crippen molar-refractivity contribution in [2.75, 3.05) is 24.6 Å². The Morgan fingerprint density at radius 3 is 2.69 bits per heavy atom. The highest BCUT2D eigenvalue weighted by atomic mass is 35.5. The lowest BCUT2D eigenvalue weighted by molar-refractivity contribution is 0.0434. The summed E-state index contributed by atoms with van der Waals surface area (Å²) in [5, 5.41) is 12.7. The first-order chi connectivity index (χ1) is 16.9. The molecule has 0 aromatic carbocycles. The minimum absolute atomic E-state index is 0.118. The van der Waals surface area contributed by atoms with Crippen molar-refractivity contribution in [3.05, 3.63) is 34.6 Å². The van der Waals surface area contributed by atoms with Crippen LogP contribution in [0.3, 0.4) is 0 Å². The van der Waals surface area contributed by atoms with E-state index in [1.54, 1.807) is 13.0 Å². The highest BCUT2D eigenvalue weighted by Gasteiger charge is 2.50. The smallest absolute Gasteiger partial charge is 0.407 e. The minimum atomic E-state index is -0.814. The van der Waals surface area contributed by atoms with Gasteiger partial charge in [-0.05, 0) is 53.5 Å². The van der Waals surface area contributed by atoms with E-state index in [2.05, 4.69) is 26.3 Å². The molecule has 1 spiro atoms. The van der Waals surface area contributed by atoms with Gasteiger partial charge in [-0.15, -0.1) is 0 Å². The number of carbonyl (C=O) groups excluding carboxylic acids is 1. The maximum absolute atomic E-state index is 13.9. The number of nitrogens with zero attached hydrogens (tertiary/aromatic N) is 5. The molecule has 1 N–H and O–H groups in total. The van der Waals surface area contributed by atoms with Crippen LogP contribution in [-0.2, 0) is 9.47 Å². The zero-order valence-electron chi connectivity index (χ0n) is 21.1. The predicted octanol–water partition coefficient (Wildman–Crippen LogP) is 4.41. The SMILES string of the molecule is Cc1nc(N2CCC3(CC2)CO[C@@H](C)[C@H]3NC(=O)OC(C)(C)C)nc(C#N)c1-c1ccnc(F)c1Cl. The van der Waals surface area contributed by atoms with Crippen LogP contribution in [0.25, 0.3) is 11.1 Å². The highest BCUT2D eigenvalue weighted by molar-refractivity contribution is 6.33. The van der Waals surface area contributed by atoms with Crippen molar-refractivity contribution in [2.24, 2.45) is 5.41 Å². The third-order valence-corrected chi connectivity index (χ3v) is 7.14. The summed E-state index contributed by atoms with van der Waals surface area (Å²) in [5.74, 6) is -0.387. The van der Waals surface area contributed by atoms with Gasteiger partial charge < -0.3 is 19.7 Å². The van der Waals surface area contributed by atoms with Crippen molar-refractivity contribution in [3.63, 3.8) is 0 Å². The average Bonchev–Trinajstić information content (AvgIpc) is 3.09. The number of alkyl carbamates (subject to hydrolysis) is 1. The number of pyridine rings is 1. The number of hydrogen-bond donors (Lipinski definition) is 1. The number of ether oxygens (including phenoxy) is 2. The number of piperidine rings is 1. The second kappa shape index (κ2) is 9.79. The van der Waals surface area contributed by atoms with Gasteiger partial charge in [-0.25, -0.2) is 19.7 Å². The molecule has 192 valence electrons. The average molecular weight is 517 g/mol. The topological polar surface area (TPSA) is 113 Å². The zero-order chi connectivity index (χ0) is 26.3. The maximum atomic E-state index is 13.9.